The van der Waals surface area contributed by atoms with Gasteiger partial charge in [0.15, 0.2) is 6.79 Å². The van der Waals surface area contributed by atoms with E-state index >= 15 is 0 Å². The van der Waals surface area contributed by atoms with Crippen LogP contribution in [0.1, 0.15) is 12.8 Å². The quantitative estimate of drug-likeness (QED) is 0.458. The minimum absolute atomic E-state index is 0. The SMILES string of the molecule is Cl.O=C(OCO)C1CC1. The zero-order valence-corrected chi connectivity index (χ0v) is 5.69. The van der Waals surface area contributed by atoms with Crippen LogP contribution in [0.3, 0.4) is 0 Å². The van der Waals surface area contributed by atoms with Crippen LogP contribution >= 0.6 is 12.4 Å². The van der Waals surface area contributed by atoms with Gasteiger partial charge in [0.1, 0.15) is 0 Å². The fourth-order valence-corrected chi connectivity index (χ4v) is 0.501. The number of ether oxygens (including phenoxy) is 1. The lowest BCUT2D eigenvalue weighted by Gasteiger charge is -1.94. The summed E-state index contributed by atoms with van der Waals surface area (Å²) in [5, 5.41) is 8.07. The van der Waals surface area contributed by atoms with Gasteiger partial charge in [-0.3, -0.25) is 4.79 Å². The first-order chi connectivity index (χ1) is 3.84. The van der Waals surface area contributed by atoms with Crippen molar-refractivity contribution in [1.29, 1.82) is 0 Å². The molecule has 0 spiro atoms. The lowest BCUT2D eigenvalue weighted by Crippen LogP contribution is -2.06. The second-order valence-electron chi connectivity index (χ2n) is 1.87. The summed E-state index contributed by atoms with van der Waals surface area (Å²) in [4.78, 5) is 10.4. The van der Waals surface area contributed by atoms with Crippen molar-refractivity contribution in [2.45, 2.75) is 12.8 Å². The van der Waals surface area contributed by atoms with Gasteiger partial charge in [-0.25, -0.2) is 0 Å². The van der Waals surface area contributed by atoms with E-state index in [-0.39, 0.29) is 24.3 Å². The fraction of sp³-hybridized carbons (Fsp3) is 0.800. The molecule has 1 fully saturated rings. The molecule has 0 heterocycles. The minimum atomic E-state index is -0.477. The molecule has 4 heteroatoms. The lowest BCUT2D eigenvalue weighted by atomic mass is 10.4. The number of aliphatic hydroxyl groups excluding tert-OH is 1. The minimum Gasteiger partial charge on any atom is -0.438 e. The van der Waals surface area contributed by atoms with Crippen LogP contribution in [-0.2, 0) is 9.53 Å². The summed E-state index contributed by atoms with van der Waals surface area (Å²) in [6.07, 6.45) is 1.86. The summed E-state index contributed by atoms with van der Waals surface area (Å²) in [6.45, 7) is -0.477. The number of carbonyl (C=O) groups is 1. The maximum Gasteiger partial charge on any atom is 0.311 e. The molecule has 1 N–H and O–H groups in total. The average molecular weight is 153 g/mol. The molecule has 54 valence electrons. The molecule has 0 aromatic carbocycles. The first-order valence-corrected chi connectivity index (χ1v) is 2.62. The summed E-state index contributed by atoms with van der Waals surface area (Å²) < 4.78 is 4.28. The number of hydrogen-bond acceptors (Lipinski definition) is 3. The molecule has 0 aromatic heterocycles. The molecule has 9 heavy (non-hydrogen) atoms. The van der Waals surface area contributed by atoms with Crippen molar-refractivity contribution in [2.24, 2.45) is 5.92 Å². The Hall–Kier alpha value is -0.280. The van der Waals surface area contributed by atoms with Gasteiger partial charge in [-0.05, 0) is 12.8 Å². The van der Waals surface area contributed by atoms with Gasteiger partial charge < -0.3 is 9.84 Å². The normalized spacial score (nSPS) is 16.1. The molecule has 0 amide bonds. The maximum atomic E-state index is 10.4. The number of hydrogen-bond donors (Lipinski definition) is 1. The second-order valence-corrected chi connectivity index (χ2v) is 1.87. The number of carbonyl (C=O) groups excluding carboxylic acids is 1. The van der Waals surface area contributed by atoms with E-state index in [1.807, 2.05) is 0 Å². The monoisotopic (exact) mass is 152 g/mol. The smallest absolute Gasteiger partial charge is 0.311 e. The first-order valence-electron chi connectivity index (χ1n) is 2.62. The van der Waals surface area contributed by atoms with E-state index < -0.39 is 6.79 Å². The summed E-state index contributed by atoms with van der Waals surface area (Å²) in [5.41, 5.74) is 0. The van der Waals surface area contributed by atoms with Crippen LogP contribution in [0.2, 0.25) is 0 Å². The van der Waals surface area contributed by atoms with E-state index in [9.17, 15) is 4.79 Å². The first kappa shape index (κ1) is 8.72. The Morgan fingerprint density at radius 3 is 2.56 bits per heavy atom. The van der Waals surface area contributed by atoms with E-state index in [0.29, 0.717) is 0 Å². The average Bonchev–Trinajstić information content (AvgIpc) is 2.45. The van der Waals surface area contributed by atoms with Crippen molar-refractivity contribution in [3.63, 3.8) is 0 Å². The number of aliphatic hydroxyl groups is 1. The van der Waals surface area contributed by atoms with E-state index in [0.717, 1.165) is 12.8 Å². The van der Waals surface area contributed by atoms with Crippen LogP contribution in [0.5, 0.6) is 0 Å². The van der Waals surface area contributed by atoms with Crippen molar-refractivity contribution < 1.29 is 14.6 Å². The lowest BCUT2D eigenvalue weighted by molar-refractivity contribution is -0.153. The Morgan fingerprint density at radius 1 is 1.67 bits per heavy atom. The Kier molecular flexibility index (Phi) is 3.58. The molecule has 3 nitrogen and oxygen atoms in total. The van der Waals surface area contributed by atoms with Crippen molar-refractivity contribution in [3.8, 4) is 0 Å². The molecule has 0 aromatic rings. The van der Waals surface area contributed by atoms with E-state index in [1.54, 1.807) is 0 Å². The third-order valence-corrected chi connectivity index (χ3v) is 1.12. The van der Waals surface area contributed by atoms with Gasteiger partial charge in [0.2, 0.25) is 0 Å². The van der Waals surface area contributed by atoms with Crippen LogP contribution in [0.4, 0.5) is 0 Å². The zero-order valence-electron chi connectivity index (χ0n) is 4.87. The Balaban J connectivity index is 0.000000640. The van der Waals surface area contributed by atoms with Crippen LogP contribution in [-0.4, -0.2) is 17.9 Å². The van der Waals surface area contributed by atoms with Gasteiger partial charge >= 0.3 is 5.97 Å². The number of rotatable bonds is 2. The third-order valence-electron chi connectivity index (χ3n) is 1.12. The summed E-state index contributed by atoms with van der Waals surface area (Å²) in [6, 6.07) is 0. The molecule has 1 aliphatic rings. The van der Waals surface area contributed by atoms with E-state index in [2.05, 4.69) is 4.74 Å². The maximum absolute atomic E-state index is 10.4. The topological polar surface area (TPSA) is 46.5 Å². The fourth-order valence-electron chi connectivity index (χ4n) is 0.501. The van der Waals surface area contributed by atoms with Gasteiger partial charge in [-0.1, -0.05) is 0 Å². The predicted molar refractivity (Wildman–Crippen MR) is 33.1 cm³/mol. The summed E-state index contributed by atoms with van der Waals surface area (Å²) in [7, 11) is 0. The standard InChI is InChI=1S/C5H8O3.ClH/c6-3-8-5(7)4-1-2-4;/h4,6H,1-3H2;1H. The van der Waals surface area contributed by atoms with E-state index in [4.69, 9.17) is 5.11 Å². The highest BCUT2D eigenvalue weighted by Crippen LogP contribution is 2.29. The molecule has 0 atom stereocenters. The molecule has 0 bridgehead atoms. The van der Waals surface area contributed by atoms with Gasteiger partial charge in [-0.15, -0.1) is 12.4 Å². The highest BCUT2D eigenvalue weighted by Gasteiger charge is 2.30. The number of esters is 1. The Morgan fingerprint density at radius 2 is 2.22 bits per heavy atom. The highest BCUT2D eigenvalue weighted by atomic mass is 35.5. The molecule has 0 radical (unpaired) electrons. The molecule has 1 rings (SSSR count). The van der Waals surface area contributed by atoms with Gasteiger partial charge in [0.25, 0.3) is 0 Å². The predicted octanol–water partition coefficient (Wildman–Crippen LogP) is 0.311. The Labute approximate surface area is 59.4 Å². The molecular formula is C5H9ClO3. The summed E-state index contributed by atoms with van der Waals surface area (Å²) in [5.74, 6) is -0.158. The third kappa shape index (κ3) is 2.67. The van der Waals surface area contributed by atoms with Crippen LogP contribution in [0, 0.1) is 5.92 Å². The van der Waals surface area contributed by atoms with Crippen molar-refractivity contribution in [2.75, 3.05) is 6.79 Å². The molecular weight excluding hydrogens is 144 g/mol. The molecule has 0 aliphatic heterocycles. The van der Waals surface area contributed by atoms with Crippen molar-refractivity contribution >= 4 is 18.4 Å². The number of halogens is 1. The van der Waals surface area contributed by atoms with Crippen LogP contribution in [0.25, 0.3) is 0 Å². The van der Waals surface area contributed by atoms with Gasteiger partial charge in [0, 0.05) is 0 Å². The second kappa shape index (κ2) is 3.69. The van der Waals surface area contributed by atoms with Crippen molar-refractivity contribution in [1.82, 2.24) is 0 Å². The molecule has 0 unspecified atom stereocenters. The molecule has 1 aliphatic carbocycles. The van der Waals surface area contributed by atoms with Crippen molar-refractivity contribution in [3.05, 3.63) is 0 Å². The Bertz CT molecular complexity index is 100. The summed E-state index contributed by atoms with van der Waals surface area (Å²) >= 11 is 0. The van der Waals surface area contributed by atoms with E-state index in [1.165, 1.54) is 0 Å². The van der Waals surface area contributed by atoms with Crippen LogP contribution in [0.15, 0.2) is 0 Å². The highest BCUT2D eigenvalue weighted by molar-refractivity contribution is 5.85. The zero-order chi connectivity index (χ0) is 5.98. The molecule has 1 saturated carbocycles. The van der Waals surface area contributed by atoms with Crippen LogP contribution < -0.4 is 0 Å². The van der Waals surface area contributed by atoms with Gasteiger partial charge in [-0.2, -0.15) is 0 Å². The largest absolute Gasteiger partial charge is 0.438 e. The van der Waals surface area contributed by atoms with Gasteiger partial charge in [0.05, 0.1) is 5.92 Å². The molecule has 0 saturated heterocycles.